The summed E-state index contributed by atoms with van der Waals surface area (Å²) < 4.78 is 71.4. The molecule has 2 saturated carbocycles. The smallest absolute Gasteiger partial charge is 0.462 e. The summed E-state index contributed by atoms with van der Waals surface area (Å²) in [6.45, 7) is 9.42. The van der Waals surface area contributed by atoms with Gasteiger partial charge in [-0.3, -0.25) is 14.4 Å². The maximum absolute atomic E-state index is 14.4. The molecule has 17 heteroatoms. The molecule has 2 heterocycles. The minimum absolute atomic E-state index is 0.0133. The number of benzene rings is 3. The zero-order chi connectivity index (χ0) is 46.7. The van der Waals surface area contributed by atoms with Gasteiger partial charge < -0.3 is 43.6 Å². The van der Waals surface area contributed by atoms with Gasteiger partial charge in [-0.25, -0.2) is 23.2 Å². The highest BCUT2D eigenvalue weighted by molar-refractivity contribution is 5.95. The SMILES string of the molecule is CC(=O)O[C@H]1C[C@H]2OC[C@@]2(OC(C)=O)[C@H]2[C@H](OC(=O)c3ccccc3)C3C[C@H](OC(=O)[C@H](O)[C@@H](NC(=O)c4ccc(F)c(F)c4)c4ccccc4)C(C)=C([C@H]4OC(=O)O[C@@H]4[C@]12C)C3(C)C. The number of rotatable bonds is 10. The first-order valence-corrected chi connectivity index (χ1v) is 21.3. The van der Waals surface area contributed by atoms with E-state index >= 15 is 0 Å². The Morgan fingerprint density at radius 1 is 0.831 bits per heavy atom. The quantitative estimate of drug-likeness (QED) is 0.139. The molecule has 1 unspecified atom stereocenters. The van der Waals surface area contributed by atoms with Crippen molar-refractivity contribution in [2.75, 3.05) is 6.61 Å². The lowest BCUT2D eigenvalue weighted by atomic mass is 9.45. The molecule has 2 saturated heterocycles. The standard InChI is InChI=1S/C48H49F2NO14/c1-23-32(61-44(57)37(54)36(26-13-9-7-10-14-26)51-42(55)28-17-18-30(49)31(50)19-28)20-29-38(62-43(56)27-15-11-8-12-16-27)40-47(6,41-39(63-45(58)64-41)35(23)46(29,4)5)33(60-24(2)52)21-34-48(40,22-59-34)65-25(3)53/h7-19,29,32-34,36-41,54H,20-22H2,1-6H3,(H,51,55)/t29?,32-,33-,34+,36-,37+,38+,39+,40-,41-,47+,48-/m0/s1. The summed E-state index contributed by atoms with van der Waals surface area (Å²) in [5.74, 6) is -8.67. The van der Waals surface area contributed by atoms with Gasteiger partial charge in [0.2, 0.25) is 0 Å². The van der Waals surface area contributed by atoms with Crippen molar-refractivity contribution in [2.24, 2.45) is 22.7 Å². The molecule has 2 bridgehead atoms. The number of aliphatic hydroxyl groups is 1. The van der Waals surface area contributed by atoms with Crippen molar-refractivity contribution in [3.05, 3.63) is 118 Å². The van der Waals surface area contributed by atoms with Crippen LogP contribution in [0.2, 0.25) is 0 Å². The normalized spacial score (nSPS) is 31.6. The molecule has 3 aromatic rings. The third-order valence-electron chi connectivity index (χ3n) is 14.1. The van der Waals surface area contributed by atoms with Crippen molar-refractivity contribution in [2.45, 2.75) is 109 Å². The number of hydrogen-bond donors (Lipinski definition) is 2. The van der Waals surface area contributed by atoms with Crippen LogP contribution in [-0.4, -0.2) is 96.0 Å². The van der Waals surface area contributed by atoms with Crippen LogP contribution in [0, 0.1) is 34.3 Å². The average Bonchev–Trinajstić information content (AvgIpc) is 3.64. The van der Waals surface area contributed by atoms with Crippen LogP contribution in [0.5, 0.6) is 0 Å². The van der Waals surface area contributed by atoms with Crippen LogP contribution in [0.15, 0.2) is 90.0 Å². The summed E-state index contributed by atoms with van der Waals surface area (Å²) in [6, 6.07) is 17.2. The molecule has 4 fully saturated rings. The van der Waals surface area contributed by atoms with E-state index in [0.29, 0.717) is 17.2 Å². The molecule has 15 nitrogen and oxygen atoms in total. The minimum atomic E-state index is -2.08. The van der Waals surface area contributed by atoms with Crippen LogP contribution in [-0.2, 0) is 47.5 Å². The Bertz CT molecular complexity index is 2450. The van der Waals surface area contributed by atoms with E-state index in [1.54, 1.807) is 74.5 Å². The number of ether oxygens (including phenoxy) is 7. The van der Waals surface area contributed by atoms with Crippen molar-refractivity contribution in [1.29, 1.82) is 0 Å². The fourth-order valence-corrected chi connectivity index (χ4v) is 11.1. The molecule has 1 amide bonds. The van der Waals surface area contributed by atoms with Gasteiger partial charge in [0.15, 0.2) is 35.5 Å². The maximum atomic E-state index is 14.4. The van der Waals surface area contributed by atoms with Crippen LogP contribution in [0.4, 0.5) is 13.6 Å². The topological polar surface area (TPSA) is 199 Å². The number of nitrogens with one attached hydrogen (secondary N) is 1. The molecule has 12 atom stereocenters. The van der Waals surface area contributed by atoms with Crippen LogP contribution >= 0.6 is 0 Å². The van der Waals surface area contributed by atoms with E-state index in [1.807, 2.05) is 13.8 Å². The van der Waals surface area contributed by atoms with Crippen molar-refractivity contribution in [3.63, 3.8) is 0 Å². The summed E-state index contributed by atoms with van der Waals surface area (Å²) >= 11 is 0. The van der Waals surface area contributed by atoms with E-state index in [0.717, 1.165) is 12.1 Å². The van der Waals surface area contributed by atoms with E-state index < -0.39 is 125 Å². The summed E-state index contributed by atoms with van der Waals surface area (Å²) in [6.07, 6.45) is -10.1. The molecule has 65 heavy (non-hydrogen) atoms. The maximum Gasteiger partial charge on any atom is 0.509 e. The number of fused-ring (bicyclic) bond motifs is 8. The Morgan fingerprint density at radius 3 is 2.12 bits per heavy atom. The molecular weight excluding hydrogens is 853 g/mol. The molecule has 2 N–H and O–H groups in total. The first-order valence-electron chi connectivity index (χ1n) is 21.3. The van der Waals surface area contributed by atoms with Gasteiger partial charge in [-0.2, -0.15) is 0 Å². The number of aliphatic hydroxyl groups excluding tert-OH is 1. The molecule has 8 rings (SSSR count). The summed E-state index contributed by atoms with van der Waals surface area (Å²) in [5, 5.41) is 14.4. The van der Waals surface area contributed by atoms with Crippen molar-refractivity contribution < 1.29 is 75.8 Å². The molecule has 344 valence electrons. The van der Waals surface area contributed by atoms with Crippen molar-refractivity contribution in [1.82, 2.24) is 5.32 Å². The van der Waals surface area contributed by atoms with Gasteiger partial charge in [0.25, 0.3) is 5.91 Å². The molecule has 0 aromatic heterocycles. The number of halogens is 2. The number of carbonyl (C=O) groups excluding carboxylic acids is 6. The average molecular weight is 902 g/mol. The predicted molar refractivity (Wildman–Crippen MR) is 220 cm³/mol. The lowest BCUT2D eigenvalue weighted by Crippen LogP contribution is -2.80. The summed E-state index contributed by atoms with van der Waals surface area (Å²) in [4.78, 5) is 81.8. The second-order valence-corrected chi connectivity index (χ2v) is 18.1. The van der Waals surface area contributed by atoms with E-state index in [9.17, 15) is 42.7 Å². The van der Waals surface area contributed by atoms with Gasteiger partial charge in [0.1, 0.15) is 24.4 Å². The molecule has 2 aliphatic heterocycles. The zero-order valence-corrected chi connectivity index (χ0v) is 36.4. The Balaban J connectivity index is 1.25. The summed E-state index contributed by atoms with van der Waals surface area (Å²) in [5.41, 5.74) is -3.08. The third-order valence-corrected chi connectivity index (χ3v) is 14.1. The highest BCUT2D eigenvalue weighted by Gasteiger charge is 2.78. The van der Waals surface area contributed by atoms with Crippen molar-refractivity contribution in [3.8, 4) is 0 Å². The summed E-state index contributed by atoms with van der Waals surface area (Å²) in [7, 11) is 0. The molecule has 0 spiro atoms. The van der Waals surface area contributed by atoms with Gasteiger partial charge in [0, 0.05) is 31.7 Å². The first kappa shape index (κ1) is 45.4. The molecule has 3 aliphatic carbocycles. The highest BCUT2D eigenvalue weighted by atomic mass is 19.2. The fraction of sp³-hybridized carbons (Fsp3) is 0.458. The van der Waals surface area contributed by atoms with E-state index in [2.05, 4.69) is 5.32 Å². The van der Waals surface area contributed by atoms with Crippen molar-refractivity contribution >= 4 is 35.9 Å². The van der Waals surface area contributed by atoms with Gasteiger partial charge in [-0.05, 0) is 65.8 Å². The second-order valence-electron chi connectivity index (χ2n) is 18.1. The lowest BCUT2D eigenvalue weighted by molar-refractivity contribution is -0.351. The van der Waals surface area contributed by atoms with Gasteiger partial charge in [0.05, 0.1) is 29.5 Å². The Labute approximate surface area is 372 Å². The second kappa shape index (κ2) is 17.0. The Hall–Kier alpha value is -6.20. The number of carbonyl (C=O) groups is 6. The largest absolute Gasteiger partial charge is 0.509 e. The van der Waals surface area contributed by atoms with Crippen LogP contribution in [0.3, 0.4) is 0 Å². The third kappa shape index (κ3) is 7.81. The Morgan fingerprint density at radius 2 is 1.51 bits per heavy atom. The molecule has 3 aromatic carbocycles. The number of esters is 4. The van der Waals surface area contributed by atoms with E-state index in [-0.39, 0.29) is 36.1 Å². The predicted octanol–water partition coefficient (Wildman–Crippen LogP) is 5.87. The van der Waals surface area contributed by atoms with Gasteiger partial charge >= 0.3 is 30.0 Å². The first-order chi connectivity index (χ1) is 30.8. The number of hydrogen-bond acceptors (Lipinski definition) is 14. The van der Waals surface area contributed by atoms with Gasteiger partial charge in [-0.1, -0.05) is 69.3 Å². The van der Waals surface area contributed by atoms with E-state index in [1.165, 1.54) is 13.8 Å². The molecule has 5 aliphatic rings. The lowest BCUT2D eigenvalue weighted by Gasteiger charge is -2.67. The zero-order valence-electron chi connectivity index (χ0n) is 36.4. The molecular formula is C48H49F2NO14. The number of amides is 1. The van der Waals surface area contributed by atoms with Gasteiger partial charge in [-0.15, -0.1) is 0 Å². The van der Waals surface area contributed by atoms with Crippen LogP contribution in [0.25, 0.3) is 0 Å². The highest BCUT2D eigenvalue weighted by Crippen LogP contribution is 2.66. The molecule has 0 radical (unpaired) electrons. The monoisotopic (exact) mass is 901 g/mol. The Kier molecular flexibility index (Phi) is 11.9. The minimum Gasteiger partial charge on any atom is -0.462 e. The van der Waals surface area contributed by atoms with Crippen LogP contribution in [0.1, 0.15) is 86.7 Å². The van der Waals surface area contributed by atoms with Crippen LogP contribution < -0.4 is 5.32 Å². The fourth-order valence-electron chi connectivity index (χ4n) is 11.1. The van der Waals surface area contributed by atoms with E-state index in [4.69, 9.17) is 33.2 Å².